The lowest BCUT2D eigenvalue weighted by Gasteiger charge is -2.13. The van der Waals surface area contributed by atoms with Gasteiger partial charge in [-0.15, -0.1) is 0 Å². The number of ether oxygens (including phenoxy) is 2. The van der Waals surface area contributed by atoms with Crippen LogP contribution in [0.5, 0.6) is 0 Å². The molecule has 1 aliphatic carbocycles. The zero-order valence-corrected chi connectivity index (χ0v) is 16.5. The largest absolute Gasteiger partial charge is 0.463 e. The molecule has 1 heterocycles. The summed E-state index contributed by atoms with van der Waals surface area (Å²) >= 11 is 0. The SMILES string of the molecule is C=C(C(=O)OCC)C1CC1NC(=O)C1CC(OC(=O)c2ccc([N+](=O)[O-])cc2)CN1. The first-order valence-electron chi connectivity index (χ1n) is 9.65. The van der Waals surface area contributed by atoms with Crippen molar-refractivity contribution in [3.63, 3.8) is 0 Å². The molecule has 1 aliphatic heterocycles. The zero-order valence-electron chi connectivity index (χ0n) is 16.5. The molecule has 2 N–H and O–H groups in total. The van der Waals surface area contributed by atoms with Crippen molar-refractivity contribution >= 4 is 23.5 Å². The average Bonchev–Trinajstić information content (AvgIpc) is 3.32. The molecule has 3 rings (SSSR count). The van der Waals surface area contributed by atoms with Gasteiger partial charge in [0.1, 0.15) is 6.10 Å². The Balaban J connectivity index is 1.44. The fourth-order valence-corrected chi connectivity index (χ4v) is 3.33. The Labute approximate surface area is 172 Å². The predicted molar refractivity (Wildman–Crippen MR) is 105 cm³/mol. The molecule has 2 aliphatic rings. The number of carbonyl (C=O) groups is 3. The van der Waals surface area contributed by atoms with E-state index in [1.807, 2.05) is 0 Å². The monoisotopic (exact) mass is 417 g/mol. The van der Waals surface area contributed by atoms with Crippen molar-refractivity contribution in [3.8, 4) is 0 Å². The van der Waals surface area contributed by atoms with Crippen LogP contribution in [0, 0.1) is 16.0 Å². The Morgan fingerprint density at radius 1 is 1.27 bits per heavy atom. The van der Waals surface area contributed by atoms with Crippen LogP contribution in [0.2, 0.25) is 0 Å². The Morgan fingerprint density at radius 3 is 2.60 bits per heavy atom. The van der Waals surface area contributed by atoms with Crippen LogP contribution in [0.4, 0.5) is 5.69 Å². The summed E-state index contributed by atoms with van der Waals surface area (Å²) in [5, 5.41) is 16.6. The minimum Gasteiger partial charge on any atom is -0.463 e. The molecule has 30 heavy (non-hydrogen) atoms. The van der Waals surface area contributed by atoms with Crippen molar-refractivity contribution in [2.45, 2.75) is 38.0 Å². The van der Waals surface area contributed by atoms with E-state index in [4.69, 9.17) is 9.47 Å². The Bertz CT molecular complexity index is 868. The molecule has 0 bridgehead atoms. The minimum absolute atomic E-state index is 0.116. The highest BCUT2D eigenvalue weighted by molar-refractivity contribution is 5.90. The number of amides is 1. The zero-order chi connectivity index (χ0) is 21.8. The van der Waals surface area contributed by atoms with Crippen LogP contribution in [0.25, 0.3) is 0 Å². The molecule has 10 heteroatoms. The van der Waals surface area contributed by atoms with E-state index >= 15 is 0 Å². The molecule has 1 saturated carbocycles. The normalized spacial score (nSPS) is 24.6. The van der Waals surface area contributed by atoms with Crippen molar-refractivity contribution in [2.24, 2.45) is 5.92 Å². The summed E-state index contributed by atoms with van der Waals surface area (Å²) in [6.45, 7) is 6.05. The van der Waals surface area contributed by atoms with Crippen LogP contribution in [0.3, 0.4) is 0 Å². The molecule has 160 valence electrons. The molecule has 4 unspecified atom stereocenters. The number of esters is 2. The van der Waals surface area contributed by atoms with Gasteiger partial charge in [-0.05, 0) is 25.5 Å². The number of nitro benzene ring substituents is 1. The van der Waals surface area contributed by atoms with Crippen LogP contribution in [-0.4, -0.2) is 54.1 Å². The number of nitrogens with one attached hydrogen (secondary N) is 2. The van der Waals surface area contributed by atoms with Crippen molar-refractivity contribution < 1.29 is 28.8 Å². The quantitative estimate of drug-likeness (QED) is 0.278. The van der Waals surface area contributed by atoms with Crippen LogP contribution >= 0.6 is 0 Å². The maximum Gasteiger partial charge on any atom is 0.338 e. The van der Waals surface area contributed by atoms with Gasteiger partial charge in [0, 0.05) is 42.6 Å². The summed E-state index contributed by atoms with van der Waals surface area (Å²) < 4.78 is 10.3. The number of rotatable bonds is 8. The third-order valence-corrected chi connectivity index (χ3v) is 5.10. The number of carbonyl (C=O) groups excluding carboxylic acids is 3. The topological polar surface area (TPSA) is 137 Å². The smallest absolute Gasteiger partial charge is 0.338 e. The average molecular weight is 417 g/mol. The third kappa shape index (κ3) is 5.01. The molecular formula is C20H23N3O7. The second kappa shape index (κ2) is 9.04. The number of benzene rings is 1. The summed E-state index contributed by atoms with van der Waals surface area (Å²) in [6, 6.07) is 4.45. The molecule has 4 atom stereocenters. The minimum atomic E-state index is -0.606. The fraction of sp³-hybridized carbons (Fsp3) is 0.450. The van der Waals surface area contributed by atoms with E-state index in [-0.39, 0.29) is 35.7 Å². The van der Waals surface area contributed by atoms with Gasteiger partial charge in [-0.1, -0.05) is 6.58 Å². The molecule has 1 amide bonds. The number of nitrogens with zero attached hydrogens (tertiary/aromatic N) is 1. The first-order valence-corrected chi connectivity index (χ1v) is 9.65. The molecule has 10 nitrogen and oxygen atoms in total. The molecular weight excluding hydrogens is 394 g/mol. The van der Waals surface area contributed by atoms with Crippen LogP contribution in [0.15, 0.2) is 36.4 Å². The standard InChI is InChI=1S/C20H23N3O7/c1-3-29-19(25)11(2)15-9-16(15)22-18(24)17-8-14(10-21-17)30-20(26)12-4-6-13(7-5-12)23(27)28/h4-7,14-17,21H,2-3,8-10H2,1H3,(H,22,24). The van der Waals surface area contributed by atoms with Crippen LogP contribution < -0.4 is 10.6 Å². The van der Waals surface area contributed by atoms with E-state index in [0.29, 0.717) is 25.0 Å². The lowest BCUT2D eigenvalue weighted by Crippen LogP contribution is -2.42. The summed E-state index contributed by atoms with van der Waals surface area (Å²) in [7, 11) is 0. The van der Waals surface area contributed by atoms with Crippen molar-refractivity contribution in [2.75, 3.05) is 13.2 Å². The number of nitro groups is 1. The molecule has 1 aromatic carbocycles. The van der Waals surface area contributed by atoms with Gasteiger partial charge in [0.2, 0.25) is 5.91 Å². The summed E-state index contributed by atoms with van der Waals surface area (Å²) in [5.74, 6) is -1.40. The van der Waals surface area contributed by atoms with Crippen LogP contribution in [-0.2, 0) is 19.1 Å². The van der Waals surface area contributed by atoms with E-state index < -0.39 is 29.0 Å². The molecule has 1 saturated heterocycles. The van der Waals surface area contributed by atoms with Crippen molar-refractivity contribution in [3.05, 3.63) is 52.1 Å². The fourth-order valence-electron chi connectivity index (χ4n) is 3.33. The van der Waals surface area contributed by atoms with Gasteiger partial charge in [0.15, 0.2) is 0 Å². The van der Waals surface area contributed by atoms with Gasteiger partial charge in [-0.2, -0.15) is 0 Å². The highest BCUT2D eigenvalue weighted by atomic mass is 16.6. The van der Waals surface area contributed by atoms with Gasteiger partial charge < -0.3 is 20.1 Å². The molecule has 1 aromatic rings. The van der Waals surface area contributed by atoms with E-state index in [1.165, 1.54) is 24.3 Å². The van der Waals surface area contributed by atoms with Gasteiger partial charge in [0.05, 0.1) is 23.1 Å². The highest BCUT2D eigenvalue weighted by Gasteiger charge is 2.44. The molecule has 0 radical (unpaired) electrons. The summed E-state index contributed by atoms with van der Waals surface area (Å²) in [6.07, 6.45) is 0.447. The van der Waals surface area contributed by atoms with Crippen molar-refractivity contribution in [1.82, 2.24) is 10.6 Å². The van der Waals surface area contributed by atoms with E-state index in [1.54, 1.807) is 6.92 Å². The molecule has 0 spiro atoms. The lowest BCUT2D eigenvalue weighted by molar-refractivity contribution is -0.384. The lowest BCUT2D eigenvalue weighted by atomic mass is 10.1. The first-order chi connectivity index (χ1) is 14.3. The Hall–Kier alpha value is -3.27. The van der Waals surface area contributed by atoms with Crippen LogP contribution in [0.1, 0.15) is 30.1 Å². The summed E-state index contributed by atoms with van der Waals surface area (Å²) in [5.41, 5.74) is 0.443. The predicted octanol–water partition coefficient (Wildman–Crippen LogP) is 1.11. The maximum absolute atomic E-state index is 12.4. The van der Waals surface area contributed by atoms with Gasteiger partial charge in [-0.3, -0.25) is 14.9 Å². The summed E-state index contributed by atoms with van der Waals surface area (Å²) in [4.78, 5) is 46.5. The number of hydrogen-bond donors (Lipinski definition) is 2. The van der Waals surface area contributed by atoms with E-state index in [0.717, 1.165) is 0 Å². The van der Waals surface area contributed by atoms with Gasteiger partial charge >= 0.3 is 11.9 Å². The van der Waals surface area contributed by atoms with E-state index in [2.05, 4.69) is 17.2 Å². The Kier molecular flexibility index (Phi) is 6.46. The van der Waals surface area contributed by atoms with Gasteiger partial charge in [-0.25, -0.2) is 9.59 Å². The molecule has 2 fully saturated rings. The van der Waals surface area contributed by atoms with Crippen molar-refractivity contribution in [1.29, 1.82) is 0 Å². The molecule has 0 aromatic heterocycles. The highest BCUT2D eigenvalue weighted by Crippen LogP contribution is 2.37. The first kappa shape index (κ1) is 21.4. The number of hydrogen-bond acceptors (Lipinski definition) is 8. The van der Waals surface area contributed by atoms with Gasteiger partial charge in [0.25, 0.3) is 5.69 Å². The Morgan fingerprint density at radius 2 is 1.97 bits per heavy atom. The second-order valence-corrected chi connectivity index (χ2v) is 7.23. The maximum atomic E-state index is 12.4. The second-order valence-electron chi connectivity index (χ2n) is 7.23. The number of non-ortho nitro benzene ring substituents is 1. The third-order valence-electron chi connectivity index (χ3n) is 5.10. The van der Waals surface area contributed by atoms with E-state index in [9.17, 15) is 24.5 Å².